The third kappa shape index (κ3) is 3.36. The lowest BCUT2D eigenvalue weighted by molar-refractivity contribution is 0.390. The highest BCUT2D eigenvalue weighted by Crippen LogP contribution is 2.41. The van der Waals surface area contributed by atoms with E-state index in [1.165, 1.54) is 16.7 Å². The first-order chi connectivity index (χ1) is 13.7. The van der Waals surface area contributed by atoms with Crippen LogP contribution in [0.4, 0.5) is 0 Å². The molecular formula is C25H24O3. The van der Waals surface area contributed by atoms with Gasteiger partial charge >= 0.3 is 0 Å². The van der Waals surface area contributed by atoms with Crippen LogP contribution in [0.2, 0.25) is 0 Å². The van der Waals surface area contributed by atoms with Gasteiger partial charge in [-0.05, 0) is 46.9 Å². The fourth-order valence-electron chi connectivity index (χ4n) is 3.91. The Kier molecular flexibility index (Phi) is 5.07. The molecule has 0 fully saturated rings. The minimum absolute atomic E-state index is 0.219. The molecule has 142 valence electrons. The summed E-state index contributed by atoms with van der Waals surface area (Å²) in [4.78, 5) is 0. The Balaban J connectivity index is 1.84. The number of methoxy groups -OCH3 is 3. The largest absolute Gasteiger partial charge is 0.497 e. The van der Waals surface area contributed by atoms with Gasteiger partial charge in [-0.15, -0.1) is 0 Å². The van der Waals surface area contributed by atoms with Gasteiger partial charge in [-0.3, -0.25) is 0 Å². The molecule has 0 spiro atoms. The zero-order valence-electron chi connectivity index (χ0n) is 16.4. The molecule has 1 unspecified atom stereocenters. The molecule has 3 nitrogen and oxygen atoms in total. The van der Waals surface area contributed by atoms with Gasteiger partial charge in [0, 0.05) is 17.5 Å². The van der Waals surface area contributed by atoms with E-state index in [-0.39, 0.29) is 5.92 Å². The molecule has 28 heavy (non-hydrogen) atoms. The lowest BCUT2D eigenvalue weighted by Gasteiger charge is -2.26. The van der Waals surface area contributed by atoms with E-state index in [2.05, 4.69) is 48.5 Å². The smallest absolute Gasteiger partial charge is 0.126 e. The Bertz CT molecular complexity index is 1020. The van der Waals surface area contributed by atoms with Crippen LogP contribution in [0.1, 0.15) is 28.2 Å². The lowest BCUT2D eigenvalue weighted by Crippen LogP contribution is -2.11. The normalized spacial score (nSPS) is 15.4. The molecule has 1 aliphatic rings. The van der Waals surface area contributed by atoms with Crippen LogP contribution >= 0.6 is 0 Å². The number of rotatable bonds is 5. The molecule has 3 heteroatoms. The van der Waals surface area contributed by atoms with Gasteiger partial charge in [0.1, 0.15) is 17.2 Å². The molecule has 3 aromatic rings. The van der Waals surface area contributed by atoms with Crippen molar-refractivity contribution in [3.8, 4) is 17.2 Å². The van der Waals surface area contributed by atoms with Gasteiger partial charge in [0.05, 0.1) is 21.3 Å². The fraction of sp³-hybridized carbons (Fsp3) is 0.200. The van der Waals surface area contributed by atoms with Crippen molar-refractivity contribution in [3.63, 3.8) is 0 Å². The van der Waals surface area contributed by atoms with E-state index >= 15 is 0 Å². The van der Waals surface area contributed by atoms with Crippen LogP contribution < -0.4 is 14.2 Å². The van der Waals surface area contributed by atoms with Crippen LogP contribution in [0.3, 0.4) is 0 Å². The van der Waals surface area contributed by atoms with Gasteiger partial charge in [0.2, 0.25) is 0 Å². The number of allylic oxidation sites excluding steroid dienone is 1. The summed E-state index contributed by atoms with van der Waals surface area (Å²) in [7, 11) is 5.08. The maximum atomic E-state index is 5.68. The van der Waals surface area contributed by atoms with Crippen molar-refractivity contribution in [2.45, 2.75) is 12.3 Å². The first-order valence-corrected chi connectivity index (χ1v) is 9.40. The van der Waals surface area contributed by atoms with Gasteiger partial charge in [0.15, 0.2) is 0 Å². The highest BCUT2D eigenvalue weighted by molar-refractivity contribution is 5.84. The molecule has 0 heterocycles. The average Bonchev–Trinajstić information content (AvgIpc) is 2.77. The maximum absolute atomic E-state index is 5.68. The molecule has 1 atom stereocenters. The zero-order valence-corrected chi connectivity index (χ0v) is 16.4. The SMILES string of the molecule is COc1cccc(C2=CC(c3ccc(OC)cc3OC)Cc3ccccc32)c1. The molecule has 0 amide bonds. The van der Waals surface area contributed by atoms with Crippen LogP contribution in [-0.2, 0) is 6.42 Å². The third-order valence-electron chi connectivity index (χ3n) is 5.34. The summed E-state index contributed by atoms with van der Waals surface area (Å²) in [6, 6.07) is 22.9. The van der Waals surface area contributed by atoms with E-state index in [1.54, 1.807) is 21.3 Å². The maximum Gasteiger partial charge on any atom is 0.126 e. The molecule has 0 aliphatic heterocycles. The van der Waals surface area contributed by atoms with Crippen molar-refractivity contribution in [2.24, 2.45) is 0 Å². The minimum Gasteiger partial charge on any atom is -0.497 e. The fourth-order valence-corrected chi connectivity index (χ4v) is 3.91. The van der Waals surface area contributed by atoms with Crippen molar-refractivity contribution in [1.82, 2.24) is 0 Å². The Morgan fingerprint density at radius 3 is 2.32 bits per heavy atom. The molecule has 1 aliphatic carbocycles. The highest BCUT2D eigenvalue weighted by Gasteiger charge is 2.24. The Labute approximate surface area is 166 Å². The zero-order chi connectivity index (χ0) is 19.5. The van der Waals surface area contributed by atoms with E-state index in [4.69, 9.17) is 14.2 Å². The Morgan fingerprint density at radius 1 is 0.750 bits per heavy atom. The number of hydrogen-bond acceptors (Lipinski definition) is 3. The van der Waals surface area contributed by atoms with Gasteiger partial charge in [-0.25, -0.2) is 0 Å². The van der Waals surface area contributed by atoms with E-state index in [0.29, 0.717) is 0 Å². The second-order valence-electron chi connectivity index (χ2n) is 6.89. The molecule has 0 N–H and O–H groups in total. The predicted octanol–water partition coefficient (Wildman–Crippen LogP) is 5.48. The van der Waals surface area contributed by atoms with Gasteiger partial charge in [0.25, 0.3) is 0 Å². The Morgan fingerprint density at radius 2 is 1.54 bits per heavy atom. The van der Waals surface area contributed by atoms with Crippen molar-refractivity contribution < 1.29 is 14.2 Å². The number of ether oxygens (including phenoxy) is 3. The van der Waals surface area contributed by atoms with Gasteiger partial charge < -0.3 is 14.2 Å². The standard InChI is InChI=1S/C25H24O3/c1-26-20-9-6-8-18(14-20)24-15-19(13-17-7-4-5-10-22(17)24)23-12-11-21(27-2)16-25(23)28-3/h4-12,14-16,19H,13H2,1-3H3. The first kappa shape index (κ1) is 18.2. The molecule has 3 aromatic carbocycles. The summed E-state index contributed by atoms with van der Waals surface area (Å²) in [5.41, 5.74) is 6.16. The van der Waals surface area contributed by atoms with Crippen molar-refractivity contribution in [3.05, 3.63) is 95.1 Å². The second-order valence-corrected chi connectivity index (χ2v) is 6.89. The number of benzene rings is 3. The molecule has 0 saturated carbocycles. The van der Waals surface area contributed by atoms with Crippen LogP contribution in [0.15, 0.2) is 72.8 Å². The summed E-state index contributed by atoms with van der Waals surface area (Å²) in [5.74, 6) is 2.73. The second kappa shape index (κ2) is 7.81. The summed E-state index contributed by atoms with van der Waals surface area (Å²) in [6.45, 7) is 0. The summed E-state index contributed by atoms with van der Waals surface area (Å²) >= 11 is 0. The number of fused-ring (bicyclic) bond motifs is 1. The van der Waals surface area contributed by atoms with Crippen LogP contribution in [0, 0.1) is 0 Å². The molecule has 4 rings (SSSR count). The van der Waals surface area contributed by atoms with E-state index in [0.717, 1.165) is 34.8 Å². The monoisotopic (exact) mass is 372 g/mol. The minimum atomic E-state index is 0.219. The van der Waals surface area contributed by atoms with Gasteiger partial charge in [-0.1, -0.05) is 48.5 Å². The van der Waals surface area contributed by atoms with Crippen LogP contribution in [0.5, 0.6) is 17.2 Å². The quantitative estimate of drug-likeness (QED) is 0.593. The van der Waals surface area contributed by atoms with Crippen LogP contribution in [0.25, 0.3) is 5.57 Å². The predicted molar refractivity (Wildman–Crippen MR) is 113 cm³/mol. The number of hydrogen-bond donors (Lipinski definition) is 0. The molecular weight excluding hydrogens is 348 g/mol. The van der Waals surface area contributed by atoms with E-state index < -0.39 is 0 Å². The highest BCUT2D eigenvalue weighted by atomic mass is 16.5. The topological polar surface area (TPSA) is 27.7 Å². The third-order valence-corrected chi connectivity index (χ3v) is 5.34. The molecule has 0 aromatic heterocycles. The van der Waals surface area contributed by atoms with E-state index in [1.807, 2.05) is 24.3 Å². The van der Waals surface area contributed by atoms with Crippen LogP contribution in [-0.4, -0.2) is 21.3 Å². The first-order valence-electron chi connectivity index (χ1n) is 9.40. The van der Waals surface area contributed by atoms with Crippen molar-refractivity contribution in [1.29, 1.82) is 0 Å². The summed E-state index contributed by atoms with van der Waals surface area (Å²) in [5, 5.41) is 0. The van der Waals surface area contributed by atoms with Crippen molar-refractivity contribution in [2.75, 3.05) is 21.3 Å². The lowest BCUT2D eigenvalue weighted by atomic mass is 9.79. The Hall–Kier alpha value is -3.20. The van der Waals surface area contributed by atoms with Gasteiger partial charge in [-0.2, -0.15) is 0 Å². The molecule has 0 saturated heterocycles. The summed E-state index contributed by atoms with van der Waals surface area (Å²) < 4.78 is 16.5. The van der Waals surface area contributed by atoms with Crippen molar-refractivity contribution >= 4 is 5.57 Å². The average molecular weight is 372 g/mol. The summed E-state index contributed by atoms with van der Waals surface area (Å²) in [6.07, 6.45) is 3.29. The molecule has 0 bridgehead atoms. The molecule has 0 radical (unpaired) electrons. The van der Waals surface area contributed by atoms with E-state index in [9.17, 15) is 0 Å².